The minimum absolute atomic E-state index is 0. The second-order valence-electron chi connectivity index (χ2n) is 8.15. The molecule has 1 heterocycles. The first-order chi connectivity index (χ1) is 15.1. The van der Waals surface area contributed by atoms with E-state index in [9.17, 15) is 14.0 Å². The molecule has 0 aliphatic heterocycles. The van der Waals surface area contributed by atoms with Crippen molar-refractivity contribution in [1.82, 2.24) is 9.55 Å². The number of imidazole rings is 1. The molecule has 34 heavy (non-hydrogen) atoms. The summed E-state index contributed by atoms with van der Waals surface area (Å²) in [6.07, 6.45) is 1.99. The molecule has 2 aromatic carbocycles. The SMILES string of the molecule is Br.Br.Cc1ncc(C(N)C(=O)[C@@H](N)CC(C)C)n1-c1ccc(Cl)cc1C(=O)c1ccccc1F. The molecular weight excluding hydrogens is 591 g/mol. The van der Waals surface area contributed by atoms with Gasteiger partial charge in [0.1, 0.15) is 17.7 Å². The molecule has 1 aromatic heterocycles. The van der Waals surface area contributed by atoms with Gasteiger partial charge in [-0.15, -0.1) is 34.0 Å². The molecular formula is C24H28Br2ClFN4O2. The van der Waals surface area contributed by atoms with E-state index in [4.69, 9.17) is 23.1 Å². The summed E-state index contributed by atoms with van der Waals surface area (Å²) in [5.41, 5.74) is 13.2. The maximum Gasteiger partial charge on any atom is 0.198 e. The number of nitrogens with two attached hydrogens (primary N) is 2. The highest BCUT2D eigenvalue weighted by molar-refractivity contribution is 8.93. The number of carbonyl (C=O) groups excluding carboxylic acids is 2. The molecule has 0 saturated carbocycles. The third-order valence-electron chi connectivity index (χ3n) is 5.24. The average molecular weight is 619 g/mol. The number of halogens is 4. The molecule has 0 aliphatic carbocycles. The Labute approximate surface area is 224 Å². The van der Waals surface area contributed by atoms with E-state index in [0.717, 1.165) is 0 Å². The molecule has 3 aromatic rings. The summed E-state index contributed by atoms with van der Waals surface area (Å²) in [6, 6.07) is 8.64. The summed E-state index contributed by atoms with van der Waals surface area (Å²) < 4.78 is 16.0. The molecule has 0 amide bonds. The van der Waals surface area contributed by atoms with E-state index in [1.807, 2.05) is 13.8 Å². The highest BCUT2D eigenvalue weighted by Crippen LogP contribution is 2.28. The van der Waals surface area contributed by atoms with Gasteiger partial charge in [-0.05, 0) is 49.6 Å². The molecule has 4 N–H and O–H groups in total. The predicted molar refractivity (Wildman–Crippen MR) is 143 cm³/mol. The van der Waals surface area contributed by atoms with Crippen LogP contribution in [0.3, 0.4) is 0 Å². The molecule has 6 nitrogen and oxygen atoms in total. The molecule has 10 heteroatoms. The maximum absolute atomic E-state index is 14.3. The van der Waals surface area contributed by atoms with E-state index < -0.39 is 23.7 Å². The van der Waals surface area contributed by atoms with Crippen LogP contribution in [-0.4, -0.2) is 27.2 Å². The highest BCUT2D eigenvalue weighted by atomic mass is 79.9. The highest BCUT2D eigenvalue weighted by Gasteiger charge is 2.28. The molecule has 184 valence electrons. The smallest absolute Gasteiger partial charge is 0.198 e. The molecule has 2 atom stereocenters. The zero-order chi connectivity index (χ0) is 23.6. The Morgan fingerprint density at radius 2 is 1.74 bits per heavy atom. The topological polar surface area (TPSA) is 104 Å². The van der Waals surface area contributed by atoms with E-state index in [-0.39, 0.29) is 56.8 Å². The number of benzene rings is 2. The monoisotopic (exact) mass is 616 g/mol. The van der Waals surface area contributed by atoms with E-state index in [1.54, 1.807) is 29.7 Å². The van der Waals surface area contributed by atoms with Gasteiger partial charge in [0.2, 0.25) is 0 Å². The minimum Gasteiger partial charge on any atom is -0.321 e. The van der Waals surface area contributed by atoms with Crippen molar-refractivity contribution >= 4 is 57.1 Å². The fraction of sp³-hybridized carbons (Fsp3) is 0.292. The zero-order valence-corrected chi connectivity index (χ0v) is 23.2. The molecule has 1 unspecified atom stereocenters. The van der Waals surface area contributed by atoms with Crippen molar-refractivity contribution in [3.8, 4) is 5.69 Å². The van der Waals surface area contributed by atoms with Gasteiger partial charge >= 0.3 is 0 Å². The van der Waals surface area contributed by atoms with Crippen LogP contribution in [0.25, 0.3) is 5.69 Å². The lowest BCUT2D eigenvalue weighted by molar-refractivity contribution is -0.122. The third-order valence-corrected chi connectivity index (χ3v) is 5.48. The number of aryl methyl sites for hydroxylation is 1. The lowest BCUT2D eigenvalue weighted by Gasteiger charge is -2.21. The minimum atomic E-state index is -1.04. The second-order valence-corrected chi connectivity index (χ2v) is 8.59. The van der Waals surface area contributed by atoms with Gasteiger partial charge in [0, 0.05) is 10.6 Å². The van der Waals surface area contributed by atoms with Crippen molar-refractivity contribution in [2.45, 2.75) is 39.3 Å². The van der Waals surface area contributed by atoms with Crippen LogP contribution in [0, 0.1) is 18.7 Å². The number of Topliss-reactive ketones (excluding diaryl/α,β-unsaturated/α-hetero) is 1. The first kappa shape index (κ1) is 30.1. The van der Waals surface area contributed by atoms with Crippen LogP contribution in [0.5, 0.6) is 0 Å². The normalized spacial score (nSPS) is 12.5. The standard InChI is InChI=1S/C24H26ClFN4O2.2BrH/c1-13(2)10-19(27)24(32)22(28)21-12-29-14(3)30(21)20-9-8-15(25)11-17(20)23(31)16-6-4-5-7-18(16)26;;/h4-9,11-13,19,22H,10,27-28H2,1-3H3;2*1H/t19-,22?;;/m0../s1. The quantitative estimate of drug-likeness (QED) is 0.334. The molecule has 0 spiro atoms. The third kappa shape index (κ3) is 6.40. The summed E-state index contributed by atoms with van der Waals surface area (Å²) in [5.74, 6) is -0.774. The molecule has 0 aliphatic rings. The Morgan fingerprint density at radius 3 is 2.35 bits per heavy atom. The number of nitrogens with zero attached hydrogens (tertiary/aromatic N) is 2. The Bertz CT molecular complexity index is 1170. The van der Waals surface area contributed by atoms with Gasteiger partial charge in [-0.3, -0.25) is 14.2 Å². The second kappa shape index (κ2) is 12.7. The van der Waals surface area contributed by atoms with Crippen LogP contribution in [-0.2, 0) is 4.79 Å². The summed E-state index contributed by atoms with van der Waals surface area (Å²) in [6.45, 7) is 5.67. The average Bonchev–Trinajstić information content (AvgIpc) is 3.13. The first-order valence-electron chi connectivity index (χ1n) is 10.3. The van der Waals surface area contributed by atoms with Gasteiger partial charge in [0.15, 0.2) is 11.6 Å². The van der Waals surface area contributed by atoms with E-state index in [2.05, 4.69) is 4.98 Å². The fourth-order valence-corrected chi connectivity index (χ4v) is 3.84. The summed E-state index contributed by atoms with van der Waals surface area (Å²) in [4.78, 5) is 30.4. The number of hydrogen-bond donors (Lipinski definition) is 2. The lowest BCUT2D eigenvalue weighted by Crippen LogP contribution is -2.39. The molecule has 0 saturated heterocycles. The van der Waals surface area contributed by atoms with Gasteiger partial charge in [0.25, 0.3) is 0 Å². The largest absolute Gasteiger partial charge is 0.321 e. The van der Waals surface area contributed by atoms with E-state index >= 15 is 0 Å². The number of rotatable bonds is 8. The predicted octanol–water partition coefficient (Wildman–Crippen LogP) is 5.30. The van der Waals surface area contributed by atoms with Gasteiger partial charge in [-0.25, -0.2) is 9.37 Å². The van der Waals surface area contributed by atoms with Crippen molar-refractivity contribution in [2.75, 3.05) is 0 Å². The number of hydrogen-bond acceptors (Lipinski definition) is 5. The summed E-state index contributed by atoms with van der Waals surface area (Å²) in [7, 11) is 0. The zero-order valence-electron chi connectivity index (χ0n) is 19.0. The van der Waals surface area contributed by atoms with Gasteiger partial charge in [0.05, 0.1) is 29.2 Å². The Balaban J connectivity index is 0.00000289. The summed E-state index contributed by atoms with van der Waals surface area (Å²) in [5, 5.41) is 0.312. The molecule has 0 bridgehead atoms. The Hall–Kier alpha value is -1.91. The van der Waals surface area contributed by atoms with Crippen LogP contribution in [0.2, 0.25) is 5.02 Å². The Kier molecular flexibility index (Phi) is 11.2. The fourth-order valence-electron chi connectivity index (χ4n) is 3.67. The van der Waals surface area contributed by atoms with Crippen LogP contribution in [0.15, 0.2) is 48.7 Å². The van der Waals surface area contributed by atoms with Crippen LogP contribution < -0.4 is 11.5 Å². The van der Waals surface area contributed by atoms with E-state index in [1.165, 1.54) is 30.5 Å². The summed E-state index contributed by atoms with van der Waals surface area (Å²) >= 11 is 6.17. The molecule has 0 fully saturated rings. The molecule has 3 rings (SSSR count). The van der Waals surface area contributed by atoms with Crippen molar-refractivity contribution in [1.29, 1.82) is 0 Å². The van der Waals surface area contributed by atoms with E-state index in [0.29, 0.717) is 28.6 Å². The van der Waals surface area contributed by atoms with Gasteiger partial charge in [-0.1, -0.05) is 37.6 Å². The van der Waals surface area contributed by atoms with Crippen molar-refractivity contribution in [3.05, 3.63) is 82.1 Å². The van der Waals surface area contributed by atoms with Crippen LogP contribution >= 0.6 is 45.6 Å². The van der Waals surface area contributed by atoms with Crippen molar-refractivity contribution < 1.29 is 14.0 Å². The Morgan fingerprint density at radius 1 is 1.09 bits per heavy atom. The number of ketones is 2. The van der Waals surface area contributed by atoms with Gasteiger partial charge < -0.3 is 11.5 Å². The lowest BCUT2D eigenvalue weighted by atomic mass is 9.95. The van der Waals surface area contributed by atoms with Gasteiger partial charge in [-0.2, -0.15) is 0 Å². The van der Waals surface area contributed by atoms with Crippen LogP contribution in [0.4, 0.5) is 4.39 Å². The van der Waals surface area contributed by atoms with Crippen LogP contribution in [0.1, 0.15) is 53.7 Å². The number of aromatic nitrogens is 2. The maximum atomic E-state index is 14.3. The first-order valence-corrected chi connectivity index (χ1v) is 10.7. The van der Waals surface area contributed by atoms with Crippen molar-refractivity contribution in [3.63, 3.8) is 0 Å². The number of carbonyl (C=O) groups is 2. The van der Waals surface area contributed by atoms with Crippen molar-refractivity contribution in [2.24, 2.45) is 17.4 Å². The molecule has 0 radical (unpaired) electrons.